The van der Waals surface area contributed by atoms with Crippen LogP contribution in [0.4, 0.5) is 13.2 Å². The van der Waals surface area contributed by atoms with E-state index in [2.05, 4.69) is 0 Å². The number of hydrogen-bond acceptors (Lipinski definition) is 2. The van der Waals surface area contributed by atoms with E-state index in [1.807, 2.05) is 5.92 Å². The van der Waals surface area contributed by atoms with Gasteiger partial charge in [-0.25, -0.2) is 25.9 Å². The molecule has 0 N–H and O–H groups in total. The van der Waals surface area contributed by atoms with E-state index in [0.29, 0.717) is 0 Å². The first-order valence-corrected chi connectivity index (χ1v) is 5.49. The molecule has 16 heavy (non-hydrogen) atoms. The fourth-order valence-electron chi connectivity index (χ4n) is 0.831. The third-order valence-corrected chi connectivity index (χ3v) is 4.18. The molecule has 0 fully saturated rings. The Kier molecular flexibility index (Phi) is 5.19. The van der Waals surface area contributed by atoms with Gasteiger partial charge in [0.15, 0.2) is 4.75 Å². The number of hydrogen-bond donors (Lipinski definition) is 0. The van der Waals surface area contributed by atoms with Crippen LogP contribution < -0.4 is 0 Å². The zero-order chi connectivity index (χ0) is 12.8. The van der Waals surface area contributed by atoms with Crippen molar-refractivity contribution in [3.8, 4) is 24.8 Å². The molecule has 0 aromatic carbocycles. The lowest BCUT2D eigenvalue weighted by Gasteiger charge is -2.28. The van der Waals surface area contributed by atoms with Crippen LogP contribution >= 0.6 is 0 Å². The minimum absolute atomic E-state index is 0.214. The molecule has 0 atom stereocenters. The van der Waals surface area contributed by atoms with Crippen LogP contribution in [0, 0.1) is 24.8 Å². The molecular formula is C9H10F3NO2S. The van der Waals surface area contributed by atoms with E-state index in [1.54, 1.807) is 6.04 Å². The van der Waals surface area contributed by atoms with Gasteiger partial charge in [-0.1, -0.05) is 12.3 Å². The van der Waals surface area contributed by atoms with E-state index >= 15 is 0 Å². The molecule has 3 nitrogen and oxygen atoms in total. The molecule has 0 amide bonds. The zero-order valence-corrected chi connectivity index (χ0v) is 9.11. The second kappa shape index (κ2) is 5.66. The van der Waals surface area contributed by atoms with Gasteiger partial charge in [-0.15, -0.1) is 6.42 Å². The molecule has 0 aliphatic heterocycles. The smallest absolute Gasteiger partial charge is 0.249 e. The quantitative estimate of drug-likeness (QED) is 0.510. The topological polar surface area (TPSA) is 37.4 Å². The summed E-state index contributed by atoms with van der Waals surface area (Å²) >= 11 is 0. The van der Waals surface area contributed by atoms with Gasteiger partial charge >= 0.3 is 0 Å². The zero-order valence-electron chi connectivity index (χ0n) is 8.29. The van der Waals surface area contributed by atoms with Gasteiger partial charge in [0, 0.05) is 6.04 Å². The van der Waals surface area contributed by atoms with Crippen molar-refractivity contribution in [2.45, 2.75) is 4.75 Å². The van der Waals surface area contributed by atoms with Crippen LogP contribution in [0.25, 0.3) is 0 Å². The Hall–Kier alpha value is -1.34. The van der Waals surface area contributed by atoms with E-state index in [0.717, 1.165) is 0 Å². The molecule has 0 heterocycles. The minimum Gasteiger partial charge on any atom is -0.249 e. The van der Waals surface area contributed by atoms with E-state index in [1.165, 1.54) is 0 Å². The summed E-state index contributed by atoms with van der Waals surface area (Å²) in [5.41, 5.74) is 0. The van der Waals surface area contributed by atoms with E-state index in [-0.39, 0.29) is 4.31 Å². The molecule has 0 aliphatic rings. The lowest BCUT2D eigenvalue weighted by Crippen LogP contribution is -2.52. The van der Waals surface area contributed by atoms with Crippen LogP contribution in [-0.2, 0) is 10.0 Å². The molecule has 0 aliphatic carbocycles. The Morgan fingerprint density at radius 2 is 1.56 bits per heavy atom. The molecule has 90 valence electrons. The Labute approximate surface area is 92.7 Å². The first kappa shape index (κ1) is 14.7. The van der Waals surface area contributed by atoms with Gasteiger partial charge in [0.2, 0.25) is 0 Å². The summed E-state index contributed by atoms with van der Waals surface area (Å²) in [6.07, 6.45) is 9.68. The largest absolute Gasteiger partial charge is 0.256 e. The molecule has 0 aromatic rings. The maximum absolute atomic E-state index is 12.5. The highest BCUT2D eigenvalue weighted by molar-refractivity contribution is 7.90. The molecule has 0 aromatic heterocycles. The summed E-state index contributed by atoms with van der Waals surface area (Å²) in [7, 11) is -4.66. The Bertz CT molecular complexity index is 395. The number of alkyl halides is 3. The summed E-state index contributed by atoms with van der Waals surface area (Å²) in [5, 5.41) is 0. The van der Waals surface area contributed by atoms with Crippen LogP contribution in [0.3, 0.4) is 0 Å². The van der Waals surface area contributed by atoms with Crippen molar-refractivity contribution in [3.05, 3.63) is 0 Å². The highest BCUT2D eigenvalue weighted by Crippen LogP contribution is 2.24. The van der Waals surface area contributed by atoms with E-state index in [9.17, 15) is 21.6 Å². The fourth-order valence-corrected chi connectivity index (χ4v) is 2.10. The molecular weight excluding hydrogens is 243 g/mol. The van der Waals surface area contributed by atoms with Crippen molar-refractivity contribution in [1.29, 1.82) is 0 Å². The van der Waals surface area contributed by atoms with Crippen molar-refractivity contribution < 1.29 is 21.6 Å². The summed E-state index contributed by atoms with van der Waals surface area (Å²) < 4.78 is 58.3. The SMILES string of the molecule is C#CCN(C#C)S(=O)(=O)C(CF)(CF)CF. The highest BCUT2D eigenvalue weighted by atomic mass is 32.2. The molecule has 7 heteroatoms. The number of halogens is 3. The van der Waals surface area contributed by atoms with Crippen molar-refractivity contribution >= 4 is 10.0 Å². The normalized spacial score (nSPS) is 11.6. The molecule has 0 unspecified atom stereocenters. The molecule has 0 saturated heterocycles. The lowest BCUT2D eigenvalue weighted by molar-refractivity contribution is 0.250. The third kappa shape index (κ3) is 2.25. The van der Waals surface area contributed by atoms with Crippen molar-refractivity contribution in [2.75, 3.05) is 26.6 Å². The Morgan fingerprint density at radius 1 is 1.12 bits per heavy atom. The predicted molar refractivity (Wildman–Crippen MR) is 53.9 cm³/mol. The van der Waals surface area contributed by atoms with Crippen LogP contribution in [0.2, 0.25) is 0 Å². The molecule has 0 radical (unpaired) electrons. The van der Waals surface area contributed by atoms with Crippen molar-refractivity contribution in [1.82, 2.24) is 4.31 Å². The van der Waals surface area contributed by atoms with Crippen LogP contribution in [0.15, 0.2) is 0 Å². The third-order valence-electron chi connectivity index (χ3n) is 1.95. The standard InChI is InChI=1S/C9H10F3NO2S/c1-3-5-13(4-2)16(14,15)9(6-10,7-11)8-12/h1-2H,5-8H2. The second-order valence-electron chi connectivity index (χ2n) is 2.93. The predicted octanol–water partition coefficient (Wildman–Crippen LogP) is 0.489. The van der Waals surface area contributed by atoms with E-state index < -0.39 is 41.3 Å². The Morgan fingerprint density at radius 3 is 1.81 bits per heavy atom. The molecule has 0 bridgehead atoms. The van der Waals surface area contributed by atoms with Gasteiger partial charge in [0.05, 0.1) is 0 Å². The maximum Gasteiger partial charge on any atom is 0.256 e. The van der Waals surface area contributed by atoms with Gasteiger partial charge in [0.25, 0.3) is 10.0 Å². The second-order valence-corrected chi connectivity index (χ2v) is 5.19. The molecule has 0 rings (SSSR count). The van der Waals surface area contributed by atoms with Crippen LogP contribution in [-0.4, -0.2) is 44.0 Å². The minimum atomic E-state index is -4.66. The molecule has 0 saturated carbocycles. The fraction of sp³-hybridized carbons (Fsp3) is 0.556. The van der Waals surface area contributed by atoms with E-state index in [4.69, 9.17) is 12.8 Å². The van der Waals surface area contributed by atoms with Crippen LogP contribution in [0.1, 0.15) is 0 Å². The number of rotatable bonds is 6. The number of terminal acetylenes is 2. The first-order valence-electron chi connectivity index (χ1n) is 4.05. The average Bonchev–Trinajstić information content (AvgIpc) is 2.28. The molecule has 0 spiro atoms. The van der Waals surface area contributed by atoms with Gasteiger partial charge < -0.3 is 0 Å². The highest BCUT2D eigenvalue weighted by Gasteiger charge is 2.48. The Balaban J connectivity index is 5.49. The number of nitrogens with zero attached hydrogens (tertiary/aromatic N) is 1. The van der Waals surface area contributed by atoms with Gasteiger partial charge in [-0.3, -0.25) is 0 Å². The summed E-state index contributed by atoms with van der Waals surface area (Å²) in [4.78, 5) is 0. The summed E-state index contributed by atoms with van der Waals surface area (Å²) in [6, 6.07) is 1.65. The number of sulfonamides is 1. The van der Waals surface area contributed by atoms with Gasteiger partial charge in [-0.2, -0.15) is 0 Å². The van der Waals surface area contributed by atoms with Crippen molar-refractivity contribution in [3.63, 3.8) is 0 Å². The average molecular weight is 253 g/mol. The lowest BCUT2D eigenvalue weighted by atomic mass is 10.2. The van der Waals surface area contributed by atoms with Crippen LogP contribution in [0.5, 0.6) is 0 Å². The first-order chi connectivity index (χ1) is 7.45. The van der Waals surface area contributed by atoms with Gasteiger partial charge in [0.1, 0.15) is 26.6 Å². The summed E-state index contributed by atoms with van der Waals surface area (Å²) in [5.74, 6) is 1.91. The van der Waals surface area contributed by atoms with Gasteiger partial charge in [-0.05, 0) is 0 Å². The maximum atomic E-state index is 12.5. The van der Waals surface area contributed by atoms with Crippen molar-refractivity contribution in [2.24, 2.45) is 0 Å². The summed E-state index contributed by atoms with van der Waals surface area (Å²) in [6.45, 7) is -5.72. The monoisotopic (exact) mass is 253 g/mol.